The number of hydrogen-bond donors (Lipinski definition) is 1. The van der Waals surface area contributed by atoms with E-state index in [1.807, 2.05) is 0 Å². The molecule has 5 nitrogen and oxygen atoms in total. The Hall–Kier alpha value is -1.57. The second-order valence-electron chi connectivity index (χ2n) is 4.20. The van der Waals surface area contributed by atoms with Gasteiger partial charge in [-0.3, -0.25) is 0 Å². The normalized spacial score (nSPS) is 19.5. The van der Waals surface area contributed by atoms with E-state index in [2.05, 4.69) is 15.3 Å². The third-order valence-corrected chi connectivity index (χ3v) is 2.71. The van der Waals surface area contributed by atoms with Gasteiger partial charge in [0.1, 0.15) is 0 Å². The molecule has 0 amide bonds. The molecule has 1 aromatic rings. The van der Waals surface area contributed by atoms with E-state index in [-0.39, 0.29) is 24.4 Å². The van der Waals surface area contributed by atoms with Gasteiger partial charge in [0.05, 0.1) is 13.2 Å². The molecule has 1 saturated heterocycles. The largest absolute Gasteiger partial charge is 0.477 e. The molecule has 1 aliphatic heterocycles. The van der Waals surface area contributed by atoms with Crippen molar-refractivity contribution in [3.63, 3.8) is 0 Å². The minimum absolute atomic E-state index is 0.0847. The summed E-state index contributed by atoms with van der Waals surface area (Å²) in [6, 6.07) is 0.802. The van der Waals surface area contributed by atoms with Crippen molar-refractivity contribution in [2.24, 2.45) is 5.92 Å². The summed E-state index contributed by atoms with van der Waals surface area (Å²) in [5, 5.41) is 2.48. The molecule has 0 radical (unpaired) electrons. The first-order valence-corrected chi connectivity index (χ1v) is 5.83. The van der Waals surface area contributed by atoms with Crippen LogP contribution >= 0.6 is 0 Å². The van der Waals surface area contributed by atoms with Crippen molar-refractivity contribution in [2.45, 2.75) is 12.6 Å². The zero-order valence-corrected chi connectivity index (χ0v) is 10.3. The number of ether oxygens (including phenoxy) is 2. The fourth-order valence-electron chi connectivity index (χ4n) is 1.67. The third kappa shape index (κ3) is 3.69. The third-order valence-electron chi connectivity index (χ3n) is 2.71. The number of aromatic nitrogens is 2. The number of nitrogens with zero attached hydrogens (tertiary/aromatic N) is 2. The lowest BCUT2D eigenvalue weighted by molar-refractivity contribution is -0.141. The molecule has 1 unspecified atom stereocenters. The quantitative estimate of drug-likeness (QED) is 0.911. The predicted molar refractivity (Wildman–Crippen MR) is 61.0 cm³/mol. The van der Waals surface area contributed by atoms with Crippen LogP contribution < -0.4 is 10.1 Å². The second kappa shape index (κ2) is 5.60. The van der Waals surface area contributed by atoms with Gasteiger partial charge in [-0.05, 0) is 6.42 Å². The van der Waals surface area contributed by atoms with Crippen LogP contribution in [0.5, 0.6) is 5.88 Å². The summed E-state index contributed by atoms with van der Waals surface area (Å²) in [4.78, 5) is 7.19. The molecule has 1 fully saturated rings. The highest BCUT2D eigenvalue weighted by molar-refractivity contribution is 5.31. The van der Waals surface area contributed by atoms with Gasteiger partial charge in [0.25, 0.3) is 0 Å². The predicted octanol–water partition coefficient (Wildman–Crippen LogP) is 1.95. The van der Waals surface area contributed by atoms with E-state index in [1.54, 1.807) is 0 Å². The molecule has 0 saturated carbocycles. The molecule has 1 atom stereocenters. The number of nitrogens with one attached hydrogen (secondary N) is 1. The summed E-state index contributed by atoms with van der Waals surface area (Å²) < 4.78 is 48.4. The average molecular weight is 277 g/mol. The highest BCUT2D eigenvalue weighted by Crippen LogP contribution is 2.30. The van der Waals surface area contributed by atoms with Gasteiger partial charge in [-0.15, -0.1) is 0 Å². The van der Waals surface area contributed by atoms with E-state index in [9.17, 15) is 13.2 Å². The van der Waals surface area contributed by atoms with Crippen molar-refractivity contribution in [1.29, 1.82) is 0 Å². The lowest BCUT2D eigenvalue weighted by Crippen LogP contribution is -2.15. The van der Waals surface area contributed by atoms with Crippen LogP contribution in [0, 0.1) is 5.92 Å². The molecular weight excluding hydrogens is 263 g/mol. The summed E-state index contributed by atoms with van der Waals surface area (Å²) in [5.41, 5.74) is -1.02. The molecule has 0 aliphatic carbocycles. The molecule has 0 bridgehead atoms. The zero-order valence-electron chi connectivity index (χ0n) is 10.3. The molecule has 1 aromatic heterocycles. The highest BCUT2D eigenvalue weighted by Gasteiger charge is 2.34. The van der Waals surface area contributed by atoms with Crippen LogP contribution in [0.15, 0.2) is 6.07 Å². The lowest BCUT2D eigenvalue weighted by atomic mass is 10.1. The second-order valence-corrected chi connectivity index (χ2v) is 4.20. The van der Waals surface area contributed by atoms with E-state index in [1.165, 1.54) is 7.05 Å². The van der Waals surface area contributed by atoms with Gasteiger partial charge in [-0.25, -0.2) is 4.98 Å². The Morgan fingerprint density at radius 3 is 2.84 bits per heavy atom. The summed E-state index contributed by atoms with van der Waals surface area (Å²) in [5.74, 6) is -0.00610. The molecule has 2 heterocycles. The maximum Gasteiger partial charge on any atom is 0.433 e. The van der Waals surface area contributed by atoms with Crippen LogP contribution in [0.3, 0.4) is 0 Å². The molecule has 106 valence electrons. The zero-order chi connectivity index (χ0) is 13.9. The van der Waals surface area contributed by atoms with E-state index < -0.39 is 11.9 Å². The van der Waals surface area contributed by atoms with Crippen LogP contribution in [-0.2, 0) is 10.9 Å². The molecular formula is C11H14F3N3O2. The Bertz CT molecular complexity index is 434. The van der Waals surface area contributed by atoms with Crippen LogP contribution in [0.2, 0.25) is 0 Å². The Morgan fingerprint density at radius 1 is 1.47 bits per heavy atom. The first kappa shape index (κ1) is 13.9. The average Bonchev–Trinajstić information content (AvgIpc) is 2.88. The molecule has 0 aromatic carbocycles. The van der Waals surface area contributed by atoms with Gasteiger partial charge in [-0.2, -0.15) is 18.2 Å². The fraction of sp³-hybridized carbons (Fsp3) is 0.636. The molecule has 2 rings (SSSR count). The number of hydrogen-bond acceptors (Lipinski definition) is 5. The van der Waals surface area contributed by atoms with Crippen molar-refractivity contribution in [2.75, 3.05) is 32.2 Å². The molecule has 0 spiro atoms. The summed E-state index contributed by atoms with van der Waals surface area (Å²) in [6.07, 6.45) is -3.68. The van der Waals surface area contributed by atoms with Crippen molar-refractivity contribution in [3.05, 3.63) is 11.8 Å². The summed E-state index contributed by atoms with van der Waals surface area (Å²) in [6.45, 7) is 1.51. The van der Waals surface area contributed by atoms with Crippen LogP contribution in [-0.4, -0.2) is 36.8 Å². The van der Waals surface area contributed by atoms with Crippen molar-refractivity contribution < 1.29 is 22.6 Å². The number of halogens is 3. The lowest BCUT2D eigenvalue weighted by Gasteiger charge is -2.12. The van der Waals surface area contributed by atoms with Gasteiger partial charge in [0.2, 0.25) is 11.8 Å². The topological polar surface area (TPSA) is 56.3 Å². The number of alkyl halides is 3. The Labute approximate surface area is 108 Å². The van der Waals surface area contributed by atoms with Crippen molar-refractivity contribution in [1.82, 2.24) is 9.97 Å². The van der Waals surface area contributed by atoms with E-state index in [0.29, 0.717) is 13.2 Å². The summed E-state index contributed by atoms with van der Waals surface area (Å²) >= 11 is 0. The Kier molecular flexibility index (Phi) is 4.08. The van der Waals surface area contributed by atoms with Gasteiger partial charge in [0, 0.05) is 25.6 Å². The van der Waals surface area contributed by atoms with E-state index >= 15 is 0 Å². The van der Waals surface area contributed by atoms with Crippen molar-refractivity contribution in [3.8, 4) is 5.88 Å². The Balaban J connectivity index is 2.10. The highest BCUT2D eigenvalue weighted by atomic mass is 19.4. The van der Waals surface area contributed by atoms with Crippen LogP contribution in [0.1, 0.15) is 12.1 Å². The van der Waals surface area contributed by atoms with Gasteiger partial charge in [-0.1, -0.05) is 0 Å². The van der Waals surface area contributed by atoms with Gasteiger partial charge in [0.15, 0.2) is 5.69 Å². The molecule has 1 aliphatic rings. The smallest absolute Gasteiger partial charge is 0.433 e. The molecule has 1 N–H and O–H groups in total. The van der Waals surface area contributed by atoms with Gasteiger partial charge < -0.3 is 14.8 Å². The number of anilines is 1. The molecule has 8 heteroatoms. The SMILES string of the molecule is CNc1nc(OCC2CCOC2)cc(C(F)(F)F)n1. The van der Waals surface area contributed by atoms with E-state index in [0.717, 1.165) is 12.5 Å². The monoisotopic (exact) mass is 277 g/mol. The number of rotatable bonds is 4. The van der Waals surface area contributed by atoms with Crippen LogP contribution in [0.4, 0.5) is 19.1 Å². The first-order chi connectivity index (χ1) is 8.99. The minimum Gasteiger partial charge on any atom is -0.477 e. The molecule has 19 heavy (non-hydrogen) atoms. The first-order valence-electron chi connectivity index (χ1n) is 5.83. The van der Waals surface area contributed by atoms with Gasteiger partial charge >= 0.3 is 6.18 Å². The van der Waals surface area contributed by atoms with Crippen LogP contribution in [0.25, 0.3) is 0 Å². The summed E-state index contributed by atoms with van der Waals surface area (Å²) in [7, 11) is 1.45. The minimum atomic E-state index is -4.52. The van der Waals surface area contributed by atoms with Crippen molar-refractivity contribution >= 4 is 5.95 Å². The maximum absolute atomic E-state index is 12.6. The fourth-order valence-corrected chi connectivity index (χ4v) is 1.67. The maximum atomic E-state index is 12.6. The Morgan fingerprint density at radius 2 is 2.26 bits per heavy atom. The van der Waals surface area contributed by atoms with E-state index in [4.69, 9.17) is 9.47 Å². The standard InChI is InChI=1S/C11H14F3N3O2/c1-15-10-16-8(11(12,13)14)4-9(17-10)19-6-7-2-3-18-5-7/h4,7H,2-3,5-6H2,1H3,(H,15,16,17).